The maximum atomic E-state index is 13.3. The van der Waals surface area contributed by atoms with Gasteiger partial charge < -0.3 is 15.9 Å². The van der Waals surface area contributed by atoms with E-state index in [4.69, 9.17) is 15.9 Å². The van der Waals surface area contributed by atoms with Crippen molar-refractivity contribution in [1.82, 2.24) is 9.97 Å². The van der Waals surface area contributed by atoms with E-state index < -0.39 is 23.5 Å². The molecule has 0 amide bonds. The molecule has 1 aromatic carbocycles. The number of aromatic nitrogens is 2. The molecule has 0 aliphatic carbocycles. The van der Waals surface area contributed by atoms with Crippen LogP contribution < -0.4 is 11.5 Å². The summed E-state index contributed by atoms with van der Waals surface area (Å²) in [6, 6.07) is 7.06. The van der Waals surface area contributed by atoms with Gasteiger partial charge in [-0.2, -0.15) is 18.2 Å². The number of rotatable bonds is 2. The Labute approximate surface area is 129 Å². The van der Waals surface area contributed by atoms with E-state index in [0.717, 1.165) is 0 Å². The van der Waals surface area contributed by atoms with Crippen LogP contribution in [0, 0.1) is 0 Å². The molecule has 2 heterocycles. The monoisotopic (exact) mass is 322 g/mol. The third-order valence-electron chi connectivity index (χ3n) is 3.65. The lowest BCUT2D eigenvalue weighted by molar-refractivity contribution is -0.138. The van der Waals surface area contributed by atoms with Crippen molar-refractivity contribution in [3.63, 3.8) is 0 Å². The molecule has 120 valence electrons. The van der Waals surface area contributed by atoms with E-state index in [9.17, 15) is 13.2 Å². The van der Waals surface area contributed by atoms with Crippen molar-refractivity contribution < 1.29 is 17.6 Å². The highest BCUT2D eigenvalue weighted by Gasteiger charge is 2.39. The van der Waals surface area contributed by atoms with Gasteiger partial charge in [-0.3, -0.25) is 0 Å². The van der Waals surface area contributed by atoms with Crippen LogP contribution in [0.1, 0.15) is 29.7 Å². The Morgan fingerprint density at radius 2 is 1.83 bits per heavy atom. The summed E-state index contributed by atoms with van der Waals surface area (Å²) in [5.41, 5.74) is 10.7. The highest BCUT2D eigenvalue weighted by molar-refractivity contribution is 5.82. The Hall–Kier alpha value is -2.77. The van der Waals surface area contributed by atoms with Crippen LogP contribution in [0.15, 0.2) is 34.9 Å². The molecular formula is C15H13F3N4O. The zero-order chi connectivity index (χ0) is 16.8. The lowest BCUT2D eigenvalue weighted by atomic mass is 9.93. The summed E-state index contributed by atoms with van der Waals surface area (Å²) >= 11 is 0. The minimum atomic E-state index is -4.68. The molecule has 23 heavy (non-hydrogen) atoms. The first-order valence-corrected chi connectivity index (χ1v) is 6.75. The van der Waals surface area contributed by atoms with Crippen LogP contribution in [0.2, 0.25) is 0 Å². The number of anilines is 2. The number of halogens is 3. The number of hydrogen-bond donors (Lipinski definition) is 2. The highest BCUT2D eigenvalue weighted by atomic mass is 19.4. The van der Waals surface area contributed by atoms with Crippen LogP contribution >= 0.6 is 0 Å². The van der Waals surface area contributed by atoms with Crippen molar-refractivity contribution in [2.24, 2.45) is 0 Å². The molecule has 0 aliphatic heterocycles. The molecular weight excluding hydrogens is 309 g/mol. The van der Waals surface area contributed by atoms with E-state index in [0.29, 0.717) is 16.5 Å². The minimum absolute atomic E-state index is 0.269. The van der Waals surface area contributed by atoms with Gasteiger partial charge in [0.25, 0.3) is 0 Å². The Balaban J connectivity index is 2.22. The lowest BCUT2D eigenvalue weighted by Gasteiger charge is -2.18. The molecule has 3 aromatic rings. The number of fused-ring (bicyclic) bond motifs is 1. The largest absolute Gasteiger partial charge is 0.464 e. The summed E-state index contributed by atoms with van der Waals surface area (Å²) in [4.78, 5) is 7.22. The zero-order valence-electron chi connectivity index (χ0n) is 12.1. The van der Waals surface area contributed by atoms with Gasteiger partial charge in [0.1, 0.15) is 17.0 Å². The topological polar surface area (TPSA) is 91.0 Å². The van der Waals surface area contributed by atoms with Gasteiger partial charge in [0.05, 0.1) is 12.0 Å². The fourth-order valence-electron chi connectivity index (χ4n) is 2.60. The van der Waals surface area contributed by atoms with Gasteiger partial charge in [-0.1, -0.05) is 25.1 Å². The summed E-state index contributed by atoms with van der Waals surface area (Å²) in [6.07, 6.45) is -3.26. The predicted octanol–water partition coefficient (Wildman–Crippen LogP) is 3.56. The van der Waals surface area contributed by atoms with Gasteiger partial charge in [0, 0.05) is 16.9 Å². The number of alkyl halides is 3. The van der Waals surface area contributed by atoms with Gasteiger partial charge in [0.2, 0.25) is 5.95 Å². The molecule has 0 spiro atoms. The van der Waals surface area contributed by atoms with Crippen LogP contribution in [0.4, 0.5) is 24.9 Å². The number of para-hydroxylation sites is 1. The van der Waals surface area contributed by atoms with E-state index in [2.05, 4.69) is 9.97 Å². The van der Waals surface area contributed by atoms with Crippen LogP contribution in [0.25, 0.3) is 11.0 Å². The number of hydrogen-bond acceptors (Lipinski definition) is 5. The Kier molecular flexibility index (Phi) is 3.39. The summed E-state index contributed by atoms with van der Waals surface area (Å²) in [6.45, 7) is 1.59. The summed E-state index contributed by atoms with van der Waals surface area (Å²) < 4.78 is 45.4. The number of nitrogens with zero attached hydrogens (tertiary/aromatic N) is 2. The van der Waals surface area contributed by atoms with Gasteiger partial charge >= 0.3 is 6.18 Å². The third kappa shape index (κ3) is 2.56. The van der Waals surface area contributed by atoms with Crippen LogP contribution in [-0.2, 0) is 6.18 Å². The van der Waals surface area contributed by atoms with E-state index in [1.807, 2.05) is 0 Å². The van der Waals surface area contributed by atoms with Crippen molar-refractivity contribution in [2.45, 2.75) is 19.0 Å². The highest BCUT2D eigenvalue weighted by Crippen LogP contribution is 2.41. The first kappa shape index (κ1) is 15.1. The molecule has 5 nitrogen and oxygen atoms in total. The average Bonchev–Trinajstić information content (AvgIpc) is 2.88. The maximum Gasteiger partial charge on any atom is 0.421 e. The van der Waals surface area contributed by atoms with Gasteiger partial charge in [-0.15, -0.1) is 0 Å². The molecule has 0 aliphatic rings. The third-order valence-corrected chi connectivity index (χ3v) is 3.65. The van der Waals surface area contributed by atoms with Crippen LogP contribution in [-0.4, -0.2) is 9.97 Å². The number of furan rings is 1. The Morgan fingerprint density at radius 3 is 2.52 bits per heavy atom. The lowest BCUT2D eigenvalue weighted by Crippen LogP contribution is -2.19. The second-order valence-electron chi connectivity index (χ2n) is 5.13. The molecule has 0 saturated carbocycles. The molecule has 0 fully saturated rings. The quantitative estimate of drug-likeness (QED) is 0.753. The smallest absolute Gasteiger partial charge is 0.421 e. The molecule has 1 atom stereocenters. The van der Waals surface area contributed by atoms with Gasteiger partial charge in [-0.25, -0.2) is 4.98 Å². The van der Waals surface area contributed by atoms with Gasteiger partial charge in [-0.05, 0) is 6.07 Å². The van der Waals surface area contributed by atoms with E-state index in [1.54, 1.807) is 31.2 Å². The Bertz CT molecular complexity index is 873. The molecule has 0 saturated heterocycles. The molecule has 0 radical (unpaired) electrons. The molecule has 4 N–H and O–H groups in total. The van der Waals surface area contributed by atoms with Crippen molar-refractivity contribution in [2.75, 3.05) is 11.5 Å². The summed E-state index contributed by atoms with van der Waals surface area (Å²) in [5, 5.41) is 0.712. The SMILES string of the molecule is CC(c1nc(N)nc(N)c1C(F)(F)F)c1coc2ccccc12. The second-order valence-corrected chi connectivity index (χ2v) is 5.13. The first-order valence-electron chi connectivity index (χ1n) is 6.75. The average molecular weight is 322 g/mol. The molecule has 0 bridgehead atoms. The Morgan fingerprint density at radius 1 is 1.13 bits per heavy atom. The van der Waals surface area contributed by atoms with E-state index in [-0.39, 0.29) is 11.6 Å². The second kappa shape index (κ2) is 5.15. The fraction of sp³-hybridized carbons (Fsp3) is 0.200. The van der Waals surface area contributed by atoms with Crippen molar-refractivity contribution in [3.8, 4) is 0 Å². The van der Waals surface area contributed by atoms with Crippen molar-refractivity contribution in [1.29, 1.82) is 0 Å². The fourth-order valence-corrected chi connectivity index (χ4v) is 2.60. The van der Waals surface area contributed by atoms with Gasteiger partial charge in [0.15, 0.2) is 0 Å². The molecule has 8 heteroatoms. The number of nitrogen functional groups attached to an aromatic ring is 2. The first-order chi connectivity index (χ1) is 10.8. The predicted molar refractivity (Wildman–Crippen MR) is 79.6 cm³/mol. The van der Waals surface area contributed by atoms with E-state index in [1.165, 1.54) is 6.26 Å². The minimum Gasteiger partial charge on any atom is -0.464 e. The molecule has 1 unspecified atom stereocenters. The van der Waals surface area contributed by atoms with Crippen molar-refractivity contribution >= 4 is 22.7 Å². The molecule has 2 aromatic heterocycles. The summed E-state index contributed by atoms with van der Waals surface area (Å²) in [7, 11) is 0. The molecule has 3 rings (SSSR count). The maximum absolute atomic E-state index is 13.3. The summed E-state index contributed by atoms with van der Waals surface area (Å²) in [5.74, 6) is -1.70. The van der Waals surface area contributed by atoms with E-state index >= 15 is 0 Å². The number of benzene rings is 1. The normalized spacial score (nSPS) is 13.4. The number of nitrogens with two attached hydrogens (primary N) is 2. The van der Waals surface area contributed by atoms with Crippen LogP contribution in [0.5, 0.6) is 0 Å². The van der Waals surface area contributed by atoms with Crippen molar-refractivity contribution in [3.05, 3.63) is 47.3 Å². The standard InChI is InChI=1S/C15H13F3N4O/c1-7(9-6-23-10-5-3-2-4-8(9)10)12-11(15(16,17)18)13(19)22-14(20)21-12/h2-7H,1H3,(H4,19,20,21,22). The van der Waals surface area contributed by atoms with Crippen LogP contribution in [0.3, 0.4) is 0 Å². The zero-order valence-corrected chi connectivity index (χ0v) is 12.1.